The van der Waals surface area contributed by atoms with E-state index in [9.17, 15) is 0 Å². The molecule has 0 radical (unpaired) electrons. The first-order valence-electron chi connectivity index (χ1n) is 7.39. The molecule has 0 unspecified atom stereocenters. The van der Waals surface area contributed by atoms with Crippen molar-refractivity contribution in [2.45, 2.75) is 39.9 Å². The number of anilines is 1. The number of hydrogen-bond donors (Lipinski definition) is 1. The van der Waals surface area contributed by atoms with Crippen LogP contribution < -0.4 is 5.32 Å². The van der Waals surface area contributed by atoms with Crippen LogP contribution in [0, 0.1) is 0 Å². The number of nitrogens with one attached hydrogen (secondary N) is 1. The zero-order chi connectivity index (χ0) is 14.8. The van der Waals surface area contributed by atoms with E-state index in [0.717, 1.165) is 29.8 Å². The molecular weight excluding hydrogens is 262 g/mol. The fourth-order valence-corrected chi connectivity index (χ4v) is 2.41. The van der Waals surface area contributed by atoms with Gasteiger partial charge >= 0.3 is 0 Å². The van der Waals surface area contributed by atoms with E-state index in [1.807, 2.05) is 17.1 Å². The molecule has 0 saturated heterocycles. The van der Waals surface area contributed by atoms with Crippen molar-refractivity contribution >= 4 is 16.7 Å². The number of pyridine rings is 1. The van der Waals surface area contributed by atoms with Crippen LogP contribution in [0.2, 0.25) is 0 Å². The summed E-state index contributed by atoms with van der Waals surface area (Å²) in [6.45, 7) is 8.17. The Morgan fingerprint density at radius 3 is 2.86 bits per heavy atom. The van der Waals surface area contributed by atoms with E-state index >= 15 is 0 Å². The number of nitrogens with zero attached hydrogens (tertiary/aromatic N) is 4. The van der Waals surface area contributed by atoms with Gasteiger partial charge in [-0.15, -0.1) is 0 Å². The van der Waals surface area contributed by atoms with E-state index in [1.165, 1.54) is 5.56 Å². The predicted octanol–water partition coefficient (Wildman–Crippen LogP) is 3.45. The highest BCUT2D eigenvalue weighted by Gasteiger charge is 2.07. The second-order valence-electron chi connectivity index (χ2n) is 5.52. The predicted molar refractivity (Wildman–Crippen MR) is 85.3 cm³/mol. The van der Waals surface area contributed by atoms with Crippen LogP contribution in [-0.4, -0.2) is 19.3 Å². The summed E-state index contributed by atoms with van der Waals surface area (Å²) in [5, 5.41) is 8.88. The number of aromatic nitrogens is 4. The molecule has 3 heterocycles. The number of rotatable bonds is 5. The van der Waals surface area contributed by atoms with Gasteiger partial charge in [0.15, 0.2) is 5.65 Å². The minimum atomic E-state index is 0.322. The van der Waals surface area contributed by atoms with Crippen molar-refractivity contribution in [1.82, 2.24) is 19.3 Å². The van der Waals surface area contributed by atoms with Crippen molar-refractivity contribution in [1.29, 1.82) is 0 Å². The Morgan fingerprint density at radius 1 is 1.29 bits per heavy atom. The Balaban J connectivity index is 1.75. The molecule has 21 heavy (non-hydrogen) atoms. The van der Waals surface area contributed by atoms with Crippen molar-refractivity contribution in [3.63, 3.8) is 0 Å². The lowest BCUT2D eigenvalue weighted by Gasteiger charge is -2.07. The minimum Gasteiger partial charge on any atom is -0.380 e. The fourth-order valence-electron chi connectivity index (χ4n) is 2.41. The highest BCUT2D eigenvalue weighted by Crippen LogP contribution is 2.19. The van der Waals surface area contributed by atoms with Crippen molar-refractivity contribution in [3.8, 4) is 0 Å². The van der Waals surface area contributed by atoms with Crippen LogP contribution in [0.25, 0.3) is 11.0 Å². The van der Waals surface area contributed by atoms with Crippen LogP contribution in [0.4, 0.5) is 5.69 Å². The van der Waals surface area contributed by atoms with Crippen LogP contribution in [0.15, 0.2) is 36.9 Å². The molecule has 0 aliphatic heterocycles. The number of aryl methyl sites for hydroxylation is 1. The maximum atomic E-state index is 4.53. The average molecular weight is 283 g/mol. The molecule has 0 spiro atoms. The molecule has 5 nitrogen and oxygen atoms in total. The monoisotopic (exact) mass is 283 g/mol. The molecule has 0 aliphatic rings. The summed E-state index contributed by atoms with van der Waals surface area (Å²) < 4.78 is 4.12. The number of fused-ring (bicyclic) bond motifs is 1. The van der Waals surface area contributed by atoms with Gasteiger partial charge in [-0.05, 0) is 38.5 Å². The smallest absolute Gasteiger partial charge is 0.158 e. The molecule has 0 saturated carbocycles. The van der Waals surface area contributed by atoms with Crippen molar-refractivity contribution < 1.29 is 0 Å². The SMILES string of the molecule is CCn1ccc(CNc2cnc3c(cnn3C(C)C)c2)c1. The molecule has 3 aromatic heterocycles. The molecule has 110 valence electrons. The molecule has 5 heteroatoms. The van der Waals surface area contributed by atoms with Gasteiger partial charge in [-0.2, -0.15) is 5.10 Å². The lowest BCUT2D eigenvalue weighted by atomic mass is 10.3. The Hall–Kier alpha value is -2.30. The van der Waals surface area contributed by atoms with Gasteiger partial charge in [0.05, 0.1) is 18.1 Å². The summed E-state index contributed by atoms with van der Waals surface area (Å²) in [6, 6.07) is 4.56. The molecule has 0 atom stereocenters. The summed E-state index contributed by atoms with van der Waals surface area (Å²) in [5.41, 5.74) is 3.23. The van der Waals surface area contributed by atoms with Gasteiger partial charge in [-0.1, -0.05) is 0 Å². The van der Waals surface area contributed by atoms with Gasteiger partial charge in [0.2, 0.25) is 0 Å². The van der Waals surface area contributed by atoms with E-state index < -0.39 is 0 Å². The quantitative estimate of drug-likeness (QED) is 0.780. The van der Waals surface area contributed by atoms with Gasteiger partial charge in [0.25, 0.3) is 0 Å². The van der Waals surface area contributed by atoms with Gasteiger partial charge in [0.1, 0.15) is 0 Å². The highest BCUT2D eigenvalue weighted by molar-refractivity contribution is 5.78. The third kappa shape index (κ3) is 2.77. The highest BCUT2D eigenvalue weighted by atomic mass is 15.3. The summed E-state index contributed by atoms with van der Waals surface area (Å²) in [7, 11) is 0. The Bertz CT molecular complexity index is 738. The summed E-state index contributed by atoms with van der Waals surface area (Å²) >= 11 is 0. The zero-order valence-electron chi connectivity index (χ0n) is 12.7. The third-order valence-corrected chi connectivity index (χ3v) is 3.60. The Labute approximate surface area is 124 Å². The molecule has 0 fully saturated rings. The molecule has 0 amide bonds. The average Bonchev–Trinajstić information content (AvgIpc) is 3.11. The molecular formula is C16H21N5. The zero-order valence-corrected chi connectivity index (χ0v) is 12.7. The normalized spacial score (nSPS) is 11.4. The standard InChI is InChI=1S/C16H21N5/c1-4-20-6-5-13(11-20)8-17-15-7-14-9-19-21(12(2)3)16(14)18-10-15/h5-7,9-12,17H,4,8H2,1-3H3. The molecule has 1 N–H and O–H groups in total. The largest absolute Gasteiger partial charge is 0.380 e. The van der Waals surface area contributed by atoms with Gasteiger partial charge < -0.3 is 9.88 Å². The second kappa shape index (κ2) is 5.60. The maximum Gasteiger partial charge on any atom is 0.158 e. The van der Waals surface area contributed by atoms with E-state index in [0.29, 0.717) is 6.04 Å². The molecule has 0 aliphatic carbocycles. The minimum absolute atomic E-state index is 0.322. The fraction of sp³-hybridized carbons (Fsp3) is 0.375. The van der Waals surface area contributed by atoms with E-state index in [1.54, 1.807) is 0 Å². The van der Waals surface area contributed by atoms with Gasteiger partial charge in [-0.25, -0.2) is 9.67 Å². The lowest BCUT2D eigenvalue weighted by Crippen LogP contribution is -2.04. The van der Waals surface area contributed by atoms with Crippen LogP contribution in [0.3, 0.4) is 0 Å². The van der Waals surface area contributed by atoms with E-state index in [-0.39, 0.29) is 0 Å². The summed E-state index contributed by atoms with van der Waals surface area (Å²) in [5.74, 6) is 0. The Kier molecular flexibility index (Phi) is 3.64. The second-order valence-corrected chi connectivity index (χ2v) is 5.52. The third-order valence-electron chi connectivity index (χ3n) is 3.60. The Morgan fingerprint density at radius 2 is 2.14 bits per heavy atom. The molecule has 0 bridgehead atoms. The van der Waals surface area contributed by atoms with Crippen molar-refractivity contribution in [3.05, 3.63) is 42.5 Å². The molecule has 3 rings (SSSR count). The first kappa shape index (κ1) is 13.7. The van der Waals surface area contributed by atoms with Crippen LogP contribution in [0.5, 0.6) is 0 Å². The van der Waals surface area contributed by atoms with Crippen LogP contribution >= 0.6 is 0 Å². The topological polar surface area (TPSA) is 47.7 Å². The lowest BCUT2D eigenvalue weighted by molar-refractivity contribution is 0.546. The molecule has 3 aromatic rings. The number of hydrogen-bond acceptors (Lipinski definition) is 3. The van der Waals surface area contributed by atoms with Crippen LogP contribution in [-0.2, 0) is 13.1 Å². The first-order chi connectivity index (χ1) is 10.2. The van der Waals surface area contributed by atoms with Gasteiger partial charge in [-0.3, -0.25) is 0 Å². The summed E-state index contributed by atoms with van der Waals surface area (Å²) in [4.78, 5) is 4.53. The van der Waals surface area contributed by atoms with Crippen LogP contribution in [0.1, 0.15) is 32.4 Å². The van der Waals surface area contributed by atoms with E-state index in [2.05, 4.69) is 65.3 Å². The van der Waals surface area contributed by atoms with Gasteiger partial charge in [0, 0.05) is 36.9 Å². The first-order valence-corrected chi connectivity index (χ1v) is 7.39. The van der Waals surface area contributed by atoms with E-state index in [4.69, 9.17) is 0 Å². The molecule has 0 aromatic carbocycles. The maximum absolute atomic E-state index is 4.53. The summed E-state index contributed by atoms with van der Waals surface area (Å²) in [6.07, 6.45) is 8.02. The van der Waals surface area contributed by atoms with Crippen molar-refractivity contribution in [2.75, 3.05) is 5.32 Å². The van der Waals surface area contributed by atoms with Crippen molar-refractivity contribution in [2.24, 2.45) is 0 Å².